The molecule has 0 aliphatic heterocycles. The van der Waals surface area contributed by atoms with Gasteiger partial charge in [-0.1, -0.05) is 6.07 Å². The van der Waals surface area contributed by atoms with Gasteiger partial charge in [0.15, 0.2) is 0 Å². The fourth-order valence-corrected chi connectivity index (χ4v) is 3.05. The standard InChI is InChI=1S/C15H20FNO/c1-18-11-6-7-12(13(16)8-11)15(17)14(9-2-3-9)10-4-5-10/h6-10,14-15H,2-5,17H2,1H3. The van der Waals surface area contributed by atoms with Crippen LogP contribution >= 0.6 is 0 Å². The van der Waals surface area contributed by atoms with Crippen molar-refractivity contribution < 1.29 is 9.13 Å². The minimum Gasteiger partial charge on any atom is -0.497 e. The molecule has 1 unspecified atom stereocenters. The van der Waals surface area contributed by atoms with E-state index in [-0.39, 0.29) is 11.9 Å². The highest BCUT2D eigenvalue weighted by atomic mass is 19.1. The van der Waals surface area contributed by atoms with Gasteiger partial charge in [0.25, 0.3) is 0 Å². The van der Waals surface area contributed by atoms with Crippen LogP contribution in [0.5, 0.6) is 5.75 Å². The monoisotopic (exact) mass is 249 g/mol. The fraction of sp³-hybridized carbons (Fsp3) is 0.600. The minimum absolute atomic E-state index is 0.157. The summed E-state index contributed by atoms with van der Waals surface area (Å²) in [5, 5.41) is 0. The average Bonchev–Trinajstić information content (AvgIpc) is 3.23. The minimum atomic E-state index is -0.229. The first-order valence-corrected chi connectivity index (χ1v) is 6.79. The Balaban J connectivity index is 1.83. The van der Waals surface area contributed by atoms with E-state index in [2.05, 4.69) is 0 Å². The summed E-state index contributed by atoms with van der Waals surface area (Å²) in [7, 11) is 1.55. The molecule has 0 saturated heterocycles. The van der Waals surface area contributed by atoms with Gasteiger partial charge in [-0.2, -0.15) is 0 Å². The first-order chi connectivity index (χ1) is 8.70. The van der Waals surface area contributed by atoms with Gasteiger partial charge in [-0.05, 0) is 49.5 Å². The fourth-order valence-electron chi connectivity index (χ4n) is 3.05. The third kappa shape index (κ3) is 2.24. The summed E-state index contributed by atoms with van der Waals surface area (Å²) in [6.07, 6.45) is 5.08. The Kier molecular flexibility index (Phi) is 3.02. The lowest BCUT2D eigenvalue weighted by Gasteiger charge is -2.24. The highest BCUT2D eigenvalue weighted by Crippen LogP contribution is 2.53. The van der Waals surface area contributed by atoms with Crippen molar-refractivity contribution in [2.45, 2.75) is 31.7 Å². The van der Waals surface area contributed by atoms with Crippen molar-refractivity contribution in [2.24, 2.45) is 23.5 Å². The predicted octanol–water partition coefficient (Wildman–Crippen LogP) is 3.27. The van der Waals surface area contributed by atoms with Gasteiger partial charge in [0.05, 0.1) is 7.11 Å². The van der Waals surface area contributed by atoms with Crippen LogP contribution in [0.25, 0.3) is 0 Å². The van der Waals surface area contributed by atoms with E-state index in [9.17, 15) is 4.39 Å². The summed E-state index contributed by atoms with van der Waals surface area (Å²) >= 11 is 0. The number of halogens is 1. The van der Waals surface area contributed by atoms with Crippen molar-refractivity contribution in [1.82, 2.24) is 0 Å². The van der Waals surface area contributed by atoms with E-state index in [0.29, 0.717) is 17.2 Å². The van der Waals surface area contributed by atoms with E-state index in [1.165, 1.54) is 31.7 Å². The van der Waals surface area contributed by atoms with Crippen LogP contribution in [0.4, 0.5) is 4.39 Å². The second-order valence-corrected chi connectivity index (χ2v) is 5.67. The van der Waals surface area contributed by atoms with Crippen LogP contribution in [0.3, 0.4) is 0 Å². The van der Waals surface area contributed by atoms with Crippen LogP contribution in [0.2, 0.25) is 0 Å². The van der Waals surface area contributed by atoms with Crippen LogP contribution in [0.1, 0.15) is 37.3 Å². The first-order valence-electron chi connectivity index (χ1n) is 6.79. The molecule has 3 heteroatoms. The van der Waals surface area contributed by atoms with Crippen molar-refractivity contribution in [3.63, 3.8) is 0 Å². The molecule has 2 N–H and O–H groups in total. The lowest BCUT2D eigenvalue weighted by Crippen LogP contribution is -2.25. The third-order valence-electron chi connectivity index (χ3n) is 4.31. The maximum absolute atomic E-state index is 14.1. The lowest BCUT2D eigenvalue weighted by atomic mass is 9.85. The third-order valence-corrected chi connectivity index (χ3v) is 4.31. The van der Waals surface area contributed by atoms with E-state index >= 15 is 0 Å². The van der Waals surface area contributed by atoms with Gasteiger partial charge in [-0.3, -0.25) is 0 Å². The molecule has 0 heterocycles. The van der Waals surface area contributed by atoms with Crippen molar-refractivity contribution in [1.29, 1.82) is 0 Å². The Morgan fingerprint density at radius 3 is 2.28 bits per heavy atom. The number of hydrogen-bond acceptors (Lipinski definition) is 2. The molecular formula is C15H20FNO. The van der Waals surface area contributed by atoms with Gasteiger partial charge in [-0.25, -0.2) is 4.39 Å². The summed E-state index contributed by atoms with van der Waals surface area (Å²) in [4.78, 5) is 0. The molecule has 2 aliphatic carbocycles. The van der Waals surface area contributed by atoms with E-state index in [0.717, 1.165) is 11.8 Å². The zero-order valence-corrected chi connectivity index (χ0v) is 10.7. The van der Waals surface area contributed by atoms with Crippen molar-refractivity contribution in [3.8, 4) is 5.75 Å². The molecule has 18 heavy (non-hydrogen) atoms. The topological polar surface area (TPSA) is 35.2 Å². The second-order valence-electron chi connectivity index (χ2n) is 5.67. The molecule has 0 bridgehead atoms. The summed E-state index contributed by atoms with van der Waals surface area (Å²) in [5.74, 6) is 2.27. The van der Waals surface area contributed by atoms with Crippen LogP contribution in [0.15, 0.2) is 18.2 Å². The number of rotatable bonds is 5. The molecule has 2 fully saturated rings. The molecule has 2 aliphatic rings. The summed E-state index contributed by atoms with van der Waals surface area (Å²) in [5.41, 5.74) is 6.99. The number of nitrogens with two attached hydrogens (primary N) is 1. The maximum Gasteiger partial charge on any atom is 0.131 e. The Bertz CT molecular complexity index is 428. The Hall–Kier alpha value is -1.09. The maximum atomic E-state index is 14.1. The van der Waals surface area contributed by atoms with Gasteiger partial charge in [0, 0.05) is 17.7 Å². The van der Waals surface area contributed by atoms with Crippen LogP contribution in [-0.4, -0.2) is 7.11 Å². The van der Waals surface area contributed by atoms with E-state index in [1.54, 1.807) is 19.2 Å². The molecule has 0 radical (unpaired) electrons. The van der Waals surface area contributed by atoms with Crippen LogP contribution < -0.4 is 10.5 Å². The number of methoxy groups -OCH3 is 1. The normalized spacial score (nSPS) is 21.1. The molecule has 1 aromatic carbocycles. The molecule has 0 spiro atoms. The molecule has 98 valence electrons. The quantitative estimate of drug-likeness (QED) is 0.869. The highest BCUT2D eigenvalue weighted by molar-refractivity contribution is 5.31. The zero-order chi connectivity index (χ0) is 12.7. The lowest BCUT2D eigenvalue weighted by molar-refractivity contribution is 0.327. The van der Waals surface area contributed by atoms with Crippen molar-refractivity contribution in [2.75, 3.05) is 7.11 Å². The van der Waals surface area contributed by atoms with Crippen LogP contribution in [-0.2, 0) is 0 Å². The molecule has 2 nitrogen and oxygen atoms in total. The second kappa shape index (κ2) is 4.54. The Labute approximate surface area is 107 Å². The molecule has 0 aromatic heterocycles. The zero-order valence-electron chi connectivity index (χ0n) is 10.7. The summed E-state index contributed by atoms with van der Waals surface area (Å²) in [6.45, 7) is 0. The van der Waals surface area contributed by atoms with E-state index in [1.807, 2.05) is 0 Å². The molecular weight excluding hydrogens is 229 g/mol. The predicted molar refractivity (Wildman–Crippen MR) is 68.8 cm³/mol. The molecule has 1 atom stereocenters. The van der Waals surface area contributed by atoms with Gasteiger partial charge >= 0.3 is 0 Å². The largest absolute Gasteiger partial charge is 0.497 e. The molecule has 3 rings (SSSR count). The van der Waals surface area contributed by atoms with E-state index < -0.39 is 0 Å². The van der Waals surface area contributed by atoms with E-state index in [4.69, 9.17) is 10.5 Å². The number of benzene rings is 1. The molecule has 1 aromatic rings. The highest BCUT2D eigenvalue weighted by Gasteiger charge is 2.45. The van der Waals surface area contributed by atoms with Crippen LogP contribution in [0, 0.1) is 23.6 Å². The van der Waals surface area contributed by atoms with Crippen molar-refractivity contribution >= 4 is 0 Å². The molecule has 2 saturated carbocycles. The Morgan fingerprint density at radius 1 is 1.22 bits per heavy atom. The average molecular weight is 249 g/mol. The van der Waals surface area contributed by atoms with Gasteiger partial charge in [0.1, 0.15) is 11.6 Å². The Morgan fingerprint density at radius 2 is 1.83 bits per heavy atom. The van der Waals surface area contributed by atoms with Gasteiger partial charge in [0.2, 0.25) is 0 Å². The van der Waals surface area contributed by atoms with Gasteiger partial charge < -0.3 is 10.5 Å². The SMILES string of the molecule is COc1ccc(C(N)C(C2CC2)C2CC2)c(F)c1. The number of ether oxygens (including phenoxy) is 1. The first kappa shape index (κ1) is 12.0. The van der Waals surface area contributed by atoms with Crippen molar-refractivity contribution in [3.05, 3.63) is 29.6 Å². The summed E-state index contributed by atoms with van der Waals surface area (Å²) in [6, 6.07) is 4.87. The van der Waals surface area contributed by atoms with Gasteiger partial charge in [-0.15, -0.1) is 0 Å². The number of hydrogen-bond donors (Lipinski definition) is 1. The smallest absolute Gasteiger partial charge is 0.131 e. The summed E-state index contributed by atoms with van der Waals surface area (Å²) < 4.78 is 19.1. The molecule has 0 amide bonds.